The molecule has 0 aliphatic carbocycles. The van der Waals surface area contributed by atoms with Crippen LogP contribution in [-0.4, -0.2) is 9.13 Å². The van der Waals surface area contributed by atoms with Crippen molar-refractivity contribution in [3.05, 3.63) is 152 Å². The highest BCUT2D eigenvalue weighted by Crippen LogP contribution is 2.39. The van der Waals surface area contributed by atoms with Gasteiger partial charge < -0.3 is 9.13 Å². The van der Waals surface area contributed by atoms with E-state index in [-0.39, 0.29) is 0 Å². The molecule has 2 heterocycles. The van der Waals surface area contributed by atoms with Crippen molar-refractivity contribution in [2.45, 2.75) is 27.2 Å². The van der Waals surface area contributed by atoms with Gasteiger partial charge in [0.05, 0.1) is 22.1 Å². The fourth-order valence-corrected chi connectivity index (χ4v) is 6.68. The van der Waals surface area contributed by atoms with E-state index in [1.54, 1.807) is 0 Å². The molecule has 0 bridgehead atoms. The third kappa shape index (κ3) is 4.42. The van der Waals surface area contributed by atoms with Crippen molar-refractivity contribution in [3.8, 4) is 16.8 Å². The van der Waals surface area contributed by atoms with E-state index in [1.807, 2.05) is 6.08 Å². The van der Waals surface area contributed by atoms with Crippen LogP contribution in [0.15, 0.2) is 146 Å². The lowest BCUT2D eigenvalue weighted by atomic mass is 9.99. The van der Waals surface area contributed by atoms with E-state index < -0.39 is 0 Å². The van der Waals surface area contributed by atoms with Crippen molar-refractivity contribution in [2.75, 3.05) is 0 Å². The average molecular weight is 569 g/mol. The van der Waals surface area contributed by atoms with Crippen LogP contribution in [-0.2, 0) is 0 Å². The predicted molar refractivity (Wildman–Crippen MR) is 192 cm³/mol. The van der Waals surface area contributed by atoms with Crippen LogP contribution in [0.5, 0.6) is 0 Å². The maximum Gasteiger partial charge on any atom is 0.0547 e. The van der Waals surface area contributed by atoms with Crippen LogP contribution in [0.2, 0.25) is 0 Å². The Balaban J connectivity index is 1.46. The summed E-state index contributed by atoms with van der Waals surface area (Å²) in [5.74, 6) is 0. The molecular formula is C42H36N2. The molecule has 0 unspecified atom stereocenters. The number of aromatic nitrogens is 2. The first-order valence-electron chi connectivity index (χ1n) is 15.5. The third-order valence-electron chi connectivity index (χ3n) is 8.66. The zero-order valence-corrected chi connectivity index (χ0v) is 25.6. The van der Waals surface area contributed by atoms with Gasteiger partial charge >= 0.3 is 0 Å². The number of rotatable bonds is 7. The van der Waals surface area contributed by atoms with Gasteiger partial charge in [-0.15, -0.1) is 0 Å². The molecule has 2 nitrogen and oxygen atoms in total. The van der Waals surface area contributed by atoms with Crippen molar-refractivity contribution in [2.24, 2.45) is 0 Å². The number of para-hydroxylation sites is 2. The first kappa shape index (κ1) is 27.5. The van der Waals surface area contributed by atoms with Crippen LogP contribution >= 0.6 is 0 Å². The fraction of sp³-hybridized carbons (Fsp3) is 0.0952. The smallest absolute Gasteiger partial charge is 0.0547 e. The summed E-state index contributed by atoms with van der Waals surface area (Å²) in [5.41, 5.74) is 12.0. The molecular weight excluding hydrogens is 532 g/mol. The van der Waals surface area contributed by atoms with E-state index in [9.17, 15) is 0 Å². The molecule has 44 heavy (non-hydrogen) atoms. The van der Waals surface area contributed by atoms with Gasteiger partial charge in [0, 0.05) is 32.9 Å². The second kappa shape index (κ2) is 11.4. The Kier molecular flexibility index (Phi) is 7.12. The van der Waals surface area contributed by atoms with E-state index in [0.717, 1.165) is 17.7 Å². The Hall–Kier alpha value is -5.34. The Bertz CT molecular complexity index is 2280. The van der Waals surface area contributed by atoms with Crippen LogP contribution in [0, 0.1) is 0 Å². The zero-order valence-electron chi connectivity index (χ0n) is 25.6. The standard InChI is InChI=1S/C42H36N2/c1-5-14-33(15-6-2)43-39-19-13-12-18-35(39)37-26-30(21-24-40(37)43)31-22-25-41-38(27-31)36-23-20-32(29(7-3)8-4)28-42(36)44(41)34-16-10-9-11-17-34/h5,7-28H,3,6H2,1-2,4H3/b14-5-,29-8+,33-15+. The first-order valence-corrected chi connectivity index (χ1v) is 15.5. The summed E-state index contributed by atoms with van der Waals surface area (Å²) in [4.78, 5) is 0. The van der Waals surface area contributed by atoms with Gasteiger partial charge in [0.25, 0.3) is 0 Å². The van der Waals surface area contributed by atoms with Crippen LogP contribution < -0.4 is 0 Å². The van der Waals surface area contributed by atoms with Crippen molar-refractivity contribution >= 4 is 54.9 Å². The molecule has 0 aliphatic heterocycles. The molecule has 0 saturated heterocycles. The van der Waals surface area contributed by atoms with Crippen LogP contribution in [0.25, 0.3) is 71.7 Å². The molecule has 0 saturated carbocycles. The summed E-state index contributed by atoms with van der Waals surface area (Å²) in [5, 5.41) is 5.03. The molecule has 2 heteroatoms. The molecule has 0 amide bonds. The molecule has 0 atom stereocenters. The minimum atomic E-state index is 0.980. The van der Waals surface area contributed by atoms with Crippen molar-refractivity contribution in [3.63, 3.8) is 0 Å². The Morgan fingerprint density at radius 1 is 0.659 bits per heavy atom. The fourth-order valence-electron chi connectivity index (χ4n) is 6.68. The van der Waals surface area contributed by atoms with E-state index in [4.69, 9.17) is 0 Å². The van der Waals surface area contributed by atoms with E-state index in [0.29, 0.717) is 0 Å². The lowest BCUT2D eigenvalue weighted by molar-refractivity contribution is 1.17. The summed E-state index contributed by atoms with van der Waals surface area (Å²) in [6.45, 7) is 10.4. The van der Waals surface area contributed by atoms with Gasteiger partial charge in [-0.05, 0) is 97.1 Å². The Labute approximate surface area is 259 Å². The van der Waals surface area contributed by atoms with Gasteiger partial charge in [-0.2, -0.15) is 0 Å². The highest BCUT2D eigenvalue weighted by Gasteiger charge is 2.16. The lowest BCUT2D eigenvalue weighted by Gasteiger charge is -2.10. The summed E-state index contributed by atoms with van der Waals surface area (Å²) < 4.78 is 4.78. The number of hydrogen-bond acceptors (Lipinski definition) is 0. The molecule has 0 fully saturated rings. The van der Waals surface area contributed by atoms with Gasteiger partial charge in [-0.1, -0.05) is 98.5 Å². The van der Waals surface area contributed by atoms with Gasteiger partial charge in [-0.3, -0.25) is 0 Å². The van der Waals surface area contributed by atoms with Crippen LogP contribution in [0.3, 0.4) is 0 Å². The molecule has 0 aliphatic rings. The van der Waals surface area contributed by atoms with Crippen molar-refractivity contribution in [1.82, 2.24) is 9.13 Å². The van der Waals surface area contributed by atoms with E-state index in [2.05, 4.69) is 170 Å². The predicted octanol–water partition coefficient (Wildman–Crippen LogP) is 12.0. The van der Waals surface area contributed by atoms with Crippen LogP contribution in [0.1, 0.15) is 32.8 Å². The van der Waals surface area contributed by atoms with E-state index >= 15 is 0 Å². The topological polar surface area (TPSA) is 9.86 Å². The minimum Gasteiger partial charge on any atom is -0.310 e. The number of hydrogen-bond donors (Lipinski definition) is 0. The lowest BCUT2D eigenvalue weighted by Crippen LogP contribution is -1.94. The highest BCUT2D eigenvalue weighted by atomic mass is 15.0. The summed E-state index contributed by atoms with van der Waals surface area (Å²) in [6.07, 6.45) is 11.7. The van der Waals surface area contributed by atoms with Gasteiger partial charge in [0.1, 0.15) is 0 Å². The molecule has 0 N–H and O–H groups in total. The quantitative estimate of drug-likeness (QED) is 0.169. The molecule has 0 radical (unpaired) electrons. The van der Waals surface area contributed by atoms with Crippen molar-refractivity contribution in [1.29, 1.82) is 0 Å². The molecule has 2 aromatic heterocycles. The van der Waals surface area contributed by atoms with Gasteiger partial charge in [0.2, 0.25) is 0 Å². The van der Waals surface area contributed by atoms with E-state index in [1.165, 1.54) is 66.0 Å². The Morgan fingerprint density at radius 2 is 1.32 bits per heavy atom. The normalized spacial score (nSPS) is 12.8. The maximum atomic E-state index is 4.04. The number of benzene rings is 5. The Morgan fingerprint density at radius 3 is 2.02 bits per heavy atom. The number of allylic oxidation sites excluding steroid dienone is 7. The van der Waals surface area contributed by atoms with Crippen LogP contribution in [0.4, 0.5) is 0 Å². The first-order chi connectivity index (χ1) is 21.7. The van der Waals surface area contributed by atoms with Gasteiger partial charge in [0.15, 0.2) is 0 Å². The highest BCUT2D eigenvalue weighted by molar-refractivity contribution is 6.13. The minimum absolute atomic E-state index is 0.980. The summed E-state index contributed by atoms with van der Waals surface area (Å²) in [6, 6.07) is 40.0. The SMILES string of the molecule is C=C/C(=C\C)c1ccc2c3cc(-c4ccc5c(c4)c4ccccc4n5C(/C=C\C)=C/CC)ccc3n(-c3ccccc3)c2c1. The molecule has 0 spiro atoms. The summed E-state index contributed by atoms with van der Waals surface area (Å²) >= 11 is 0. The molecule has 7 aromatic rings. The second-order valence-corrected chi connectivity index (χ2v) is 11.2. The third-order valence-corrected chi connectivity index (χ3v) is 8.66. The molecule has 214 valence electrons. The second-order valence-electron chi connectivity index (χ2n) is 11.2. The maximum absolute atomic E-state index is 4.04. The largest absolute Gasteiger partial charge is 0.310 e. The number of fused-ring (bicyclic) bond motifs is 6. The molecule has 5 aromatic carbocycles. The molecule has 7 rings (SSSR count). The van der Waals surface area contributed by atoms with Gasteiger partial charge in [-0.25, -0.2) is 0 Å². The summed E-state index contributed by atoms with van der Waals surface area (Å²) in [7, 11) is 0. The average Bonchev–Trinajstić information content (AvgIpc) is 3.57. The monoisotopic (exact) mass is 568 g/mol. The number of nitrogens with zero attached hydrogens (tertiary/aromatic N) is 2. The zero-order chi connectivity index (χ0) is 30.2. The van der Waals surface area contributed by atoms with Crippen molar-refractivity contribution < 1.29 is 0 Å².